The third-order valence-electron chi connectivity index (χ3n) is 11.9. The number of carbonyl (C=O) groups excluding carboxylic acids is 11. The average Bonchev–Trinajstić information content (AvgIpc) is 3.79. The topological polar surface area (TPSA) is 400 Å². The van der Waals surface area contributed by atoms with Gasteiger partial charge in [0.05, 0.1) is 19.0 Å². The number of carbonyl (C=O) groups is 11. The standard InChI is InChI=1S/C46H70N12O12/c1-5-25(4)38-45(69)52-29(17-18-35(48)60)41(65)55-33(22-36(49)61)42(66)53-30(46(70)58-19-9-12-34(58)44(68)56-31(20-24(2)3)40(64)51-23-37(50)62)11-8-6-7-10-28(47)39(63)54-32(43(67)57-38)21-26-13-15-27(59)16-14-26/h6,8,13-16,24-25,28-34,38,59H,5,7,9-12,17-23,47H2,1-4H3,(H2,48,60)(H2,49,61)(H2,50,62)(H,51,64)(H,52,69)(H,53,66)(H,54,63)(H,55,65)(H,56,68)(H,57,67)/b8-6-/t25-,28-,29-,30-,31-,32-,33?,34-,38-/m0/s1. The first-order chi connectivity index (χ1) is 33.0. The number of nitrogens with two attached hydrogens (primary N) is 4. The van der Waals surface area contributed by atoms with Gasteiger partial charge < -0.3 is 70.2 Å². The second-order valence-corrected chi connectivity index (χ2v) is 18.1. The van der Waals surface area contributed by atoms with Gasteiger partial charge in [-0.25, -0.2) is 0 Å². The zero-order chi connectivity index (χ0) is 52.2. The fourth-order valence-electron chi connectivity index (χ4n) is 7.83. The molecule has 386 valence electrons. The first kappa shape index (κ1) is 57.2. The monoisotopic (exact) mass is 983 g/mol. The highest BCUT2D eigenvalue weighted by atomic mass is 16.3. The van der Waals surface area contributed by atoms with E-state index in [2.05, 4.69) is 37.2 Å². The molecule has 1 aromatic carbocycles. The van der Waals surface area contributed by atoms with Crippen molar-refractivity contribution in [2.75, 3.05) is 13.1 Å². The summed E-state index contributed by atoms with van der Waals surface area (Å²) in [4.78, 5) is 148. The van der Waals surface area contributed by atoms with Gasteiger partial charge in [-0.2, -0.15) is 0 Å². The number of phenols is 1. The number of amides is 11. The summed E-state index contributed by atoms with van der Waals surface area (Å²) in [6.45, 7) is 6.63. The summed E-state index contributed by atoms with van der Waals surface area (Å²) in [5.41, 5.74) is 23.0. The van der Waals surface area contributed by atoms with Crippen molar-refractivity contribution in [3.63, 3.8) is 0 Å². The first-order valence-corrected chi connectivity index (χ1v) is 23.4. The Morgan fingerprint density at radius 1 is 0.771 bits per heavy atom. The van der Waals surface area contributed by atoms with Crippen LogP contribution in [0.4, 0.5) is 0 Å². The molecule has 1 aromatic rings. The lowest BCUT2D eigenvalue weighted by Crippen LogP contribution is -2.61. The zero-order valence-electron chi connectivity index (χ0n) is 40.1. The molecule has 0 bridgehead atoms. The van der Waals surface area contributed by atoms with Gasteiger partial charge >= 0.3 is 0 Å². The van der Waals surface area contributed by atoms with Gasteiger partial charge in [0.2, 0.25) is 65.0 Å². The summed E-state index contributed by atoms with van der Waals surface area (Å²) >= 11 is 0. The number of benzene rings is 1. The summed E-state index contributed by atoms with van der Waals surface area (Å²) in [5, 5.41) is 27.7. The molecule has 0 radical (unpaired) electrons. The largest absolute Gasteiger partial charge is 0.508 e. The number of hydrogen-bond donors (Lipinski definition) is 12. The number of rotatable bonds is 17. The summed E-state index contributed by atoms with van der Waals surface area (Å²) in [6, 6.07) is -4.90. The fourth-order valence-corrected chi connectivity index (χ4v) is 7.83. The first-order valence-electron chi connectivity index (χ1n) is 23.4. The van der Waals surface area contributed by atoms with Crippen LogP contribution in [0.25, 0.3) is 0 Å². The molecule has 0 spiro atoms. The molecule has 2 heterocycles. The van der Waals surface area contributed by atoms with E-state index in [4.69, 9.17) is 22.9 Å². The lowest BCUT2D eigenvalue weighted by Gasteiger charge is -2.31. The van der Waals surface area contributed by atoms with E-state index in [1.807, 2.05) is 13.8 Å². The lowest BCUT2D eigenvalue weighted by molar-refractivity contribution is -0.142. The number of likely N-dealkylation sites (tertiary alicyclic amines) is 1. The number of primary amides is 3. The quantitative estimate of drug-likeness (QED) is 0.0683. The van der Waals surface area contributed by atoms with E-state index in [1.165, 1.54) is 23.1 Å². The highest BCUT2D eigenvalue weighted by Crippen LogP contribution is 2.21. The van der Waals surface area contributed by atoms with Gasteiger partial charge in [0, 0.05) is 19.4 Å². The number of hydrogen-bond acceptors (Lipinski definition) is 13. The third-order valence-corrected chi connectivity index (χ3v) is 11.9. The van der Waals surface area contributed by atoms with Crippen LogP contribution in [-0.2, 0) is 59.2 Å². The van der Waals surface area contributed by atoms with E-state index in [0.29, 0.717) is 18.4 Å². The smallest absolute Gasteiger partial charge is 0.246 e. The molecular weight excluding hydrogens is 913 g/mol. The van der Waals surface area contributed by atoms with Crippen LogP contribution >= 0.6 is 0 Å². The Hall–Kier alpha value is -7.11. The summed E-state index contributed by atoms with van der Waals surface area (Å²) in [7, 11) is 0. The van der Waals surface area contributed by atoms with Gasteiger partial charge in [-0.05, 0) is 74.5 Å². The Kier molecular flexibility index (Phi) is 22.7. The molecule has 2 aliphatic heterocycles. The molecule has 1 saturated heterocycles. The van der Waals surface area contributed by atoms with Crippen molar-refractivity contribution < 1.29 is 57.8 Å². The van der Waals surface area contributed by atoms with E-state index >= 15 is 0 Å². The molecule has 11 amide bonds. The van der Waals surface area contributed by atoms with Gasteiger partial charge in [-0.1, -0.05) is 58.4 Å². The molecule has 0 saturated carbocycles. The van der Waals surface area contributed by atoms with E-state index in [-0.39, 0.29) is 56.7 Å². The van der Waals surface area contributed by atoms with Crippen molar-refractivity contribution in [2.45, 2.75) is 147 Å². The van der Waals surface area contributed by atoms with Crippen molar-refractivity contribution in [3.05, 3.63) is 42.0 Å². The summed E-state index contributed by atoms with van der Waals surface area (Å²) in [5.74, 6) is -9.98. The minimum Gasteiger partial charge on any atom is -0.508 e. The Morgan fingerprint density at radius 3 is 2.01 bits per heavy atom. The molecule has 1 fully saturated rings. The van der Waals surface area contributed by atoms with Gasteiger partial charge in [0.25, 0.3) is 0 Å². The molecule has 9 atom stereocenters. The Labute approximate surface area is 406 Å². The van der Waals surface area contributed by atoms with Crippen molar-refractivity contribution in [1.29, 1.82) is 0 Å². The van der Waals surface area contributed by atoms with Crippen LogP contribution in [0.2, 0.25) is 0 Å². The second-order valence-electron chi connectivity index (χ2n) is 18.1. The second kappa shape index (κ2) is 27.8. The molecule has 1 unspecified atom stereocenters. The normalized spacial score (nSPS) is 24.5. The predicted octanol–water partition coefficient (Wildman–Crippen LogP) is -3.26. The van der Waals surface area contributed by atoms with Crippen LogP contribution in [0, 0.1) is 11.8 Å². The number of phenolic OH excluding ortho intramolecular Hbond substituents is 1. The molecule has 0 aromatic heterocycles. The molecular formula is C46H70N12O12. The van der Waals surface area contributed by atoms with Gasteiger partial charge in [0.15, 0.2) is 0 Å². The Bertz CT molecular complexity index is 2100. The van der Waals surface area contributed by atoms with E-state index in [9.17, 15) is 57.8 Å². The molecule has 2 aliphatic rings. The summed E-state index contributed by atoms with van der Waals surface area (Å²) < 4.78 is 0. The van der Waals surface area contributed by atoms with E-state index < -0.39 is 145 Å². The highest BCUT2D eigenvalue weighted by Gasteiger charge is 2.40. The van der Waals surface area contributed by atoms with Crippen molar-refractivity contribution in [2.24, 2.45) is 34.8 Å². The minimum atomic E-state index is -1.75. The van der Waals surface area contributed by atoms with Crippen LogP contribution in [0.15, 0.2) is 36.4 Å². The maximum absolute atomic E-state index is 14.5. The van der Waals surface area contributed by atoms with Crippen molar-refractivity contribution in [3.8, 4) is 5.75 Å². The highest BCUT2D eigenvalue weighted by molar-refractivity contribution is 5.99. The number of nitrogens with zero attached hydrogens (tertiary/aromatic N) is 1. The molecule has 24 nitrogen and oxygen atoms in total. The van der Waals surface area contributed by atoms with Crippen LogP contribution < -0.4 is 60.2 Å². The lowest BCUT2D eigenvalue weighted by atomic mass is 9.96. The SMILES string of the molecule is CC[C@H](C)[C@@H]1NC(=O)[C@H](Cc2ccc(O)cc2)NC(=O)[C@@H](N)CC/C=C\C[C@@H](C(=O)N2CCC[C@H]2C(=O)N[C@@H](CC(C)C)C(=O)NCC(N)=O)NC(=O)C(CC(N)=O)NC(=O)[C@H](CCC(N)=O)NC1=O. The Balaban J connectivity index is 2.06. The fraction of sp³-hybridized carbons (Fsp3) is 0.587. The van der Waals surface area contributed by atoms with Crippen LogP contribution in [-0.4, -0.2) is 136 Å². The number of allylic oxidation sites excluding steroid dienone is 1. The third kappa shape index (κ3) is 18.4. The predicted molar refractivity (Wildman–Crippen MR) is 252 cm³/mol. The maximum Gasteiger partial charge on any atom is 0.246 e. The zero-order valence-corrected chi connectivity index (χ0v) is 40.1. The van der Waals surface area contributed by atoms with Gasteiger partial charge in [-0.15, -0.1) is 0 Å². The maximum atomic E-state index is 14.5. The number of aromatic hydroxyl groups is 1. The molecule has 3 rings (SSSR count). The molecule has 24 heteroatoms. The van der Waals surface area contributed by atoms with E-state index in [0.717, 1.165) is 0 Å². The van der Waals surface area contributed by atoms with Crippen LogP contribution in [0.5, 0.6) is 5.75 Å². The van der Waals surface area contributed by atoms with Crippen LogP contribution in [0.1, 0.15) is 97.5 Å². The molecule has 70 heavy (non-hydrogen) atoms. The molecule has 16 N–H and O–H groups in total. The van der Waals surface area contributed by atoms with Crippen molar-refractivity contribution in [1.82, 2.24) is 42.1 Å². The number of nitrogens with one attached hydrogen (secondary N) is 7. The molecule has 0 aliphatic carbocycles. The van der Waals surface area contributed by atoms with Gasteiger partial charge in [-0.3, -0.25) is 52.7 Å². The summed E-state index contributed by atoms with van der Waals surface area (Å²) in [6.07, 6.45) is 2.43. The van der Waals surface area contributed by atoms with Gasteiger partial charge in [0.1, 0.15) is 48.0 Å². The average molecular weight is 983 g/mol. The van der Waals surface area contributed by atoms with Crippen molar-refractivity contribution >= 4 is 65.0 Å². The van der Waals surface area contributed by atoms with Crippen LogP contribution in [0.3, 0.4) is 0 Å². The minimum absolute atomic E-state index is 0.0388. The van der Waals surface area contributed by atoms with E-state index in [1.54, 1.807) is 32.1 Å². The Morgan fingerprint density at radius 2 is 1.40 bits per heavy atom.